The Hall–Kier alpha value is -1.52. The molecule has 92 valence electrons. The number of amides is 1. The van der Waals surface area contributed by atoms with Crippen LogP contribution in [0.4, 0.5) is 11.5 Å². The van der Waals surface area contributed by atoms with Crippen molar-refractivity contribution in [2.24, 2.45) is 17.8 Å². The van der Waals surface area contributed by atoms with E-state index in [4.69, 9.17) is 5.73 Å². The van der Waals surface area contributed by atoms with Gasteiger partial charge in [-0.1, -0.05) is 6.42 Å². The number of hydrogen-bond donors (Lipinski definition) is 3. The molecular formula is C12H18N4O. The monoisotopic (exact) mass is 234 g/mol. The van der Waals surface area contributed by atoms with Crippen LogP contribution in [0.3, 0.4) is 0 Å². The maximum Gasteiger partial charge on any atom is 0.225 e. The van der Waals surface area contributed by atoms with Crippen molar-refractivity contribution < 1.29 is 4.79 Å². The van der Waals surface area contributed by atoms with E-state index in [0.29, 0.717) is 23.8 Å². The van der Waals surface area contributed by atoms with E-state index in [1.807, 2.05) is 0 Å². The molecule has 1 amide bonds. The molecule has 0 saturated heterocycles. The van der Waals surface area contributed by atoms with Crippen molar-refractivity contribution in [3.8, 4) is 0 Å². The summed E-state index contributed by atoms with van der Waals surface area (Å²) in [5.74, 6) is 2.83. The number of nitrogen functional groups attached to an aromatic ring is 1. The summed E-state index contributed by atoms with van der Waals surface area (Å²) >= 11 is 0. The third kappa shape index (κ3) is 2.01. The first-order valence-electron chi connectivity index (χ1n) is 6.31. The van der Waals surface area contributed by atoms with Crippen LogP contribution in [0.2, 0.25) is 0 Å². The Balaban J connectivity index is 1.56. The van der Waals surface area contributed by atoms with Crippen molar-refractivity contribution in [3.05, 3.63) is 6.20 Å². The standard InChI is InChI=1S/C12H18N4O/c13-10-6-14-16-12(10)15-11(17)5-9-4-7-1-2-8(9)3-7/h6-9H,1-5,13H2,(H2,14,15,16,17). The molecule has 2 aliphatic carbocycles. The molecule has 5 nitrogen and oxygen atoms in total. The number of rotatable bonds is 3. The number of nitrogens with zero attached hydrogens (tertiary/aromatic N) is 1. The number of nitrogens with two attached hydrogens (primary N) is 1. The summed E-state index contributed by atoms with van der Waals surface area (Å²) in [5, 5.41) is 9.26. The van der Waals surface area contributed by atoms with Crippen LogP contribution in [0.5, 0.6) is 0 Å². The third-order valence-corrected chi connectivity index (χ3v) is 4.27. The summed E-state index contributed by atoms with van der Waals surface area (Å²) in [7, 11) is 0. The molecule has 0 radical (unpaired) electrons. The lowest BCUT2D eigenvalue weighted by atomic mass is 9.86. The van der Waals surface area contributed by atoms with E-state index >= 15 is 0 Å². The molecule has 17 heavy (non-hydrogen) atoms. The molecule has 2 fully saturated rings. The SMILES string of the molecule is Nc1cn[nH]c1NC(=O)CC1CC2CCC1C2. The third-order valence-electron chi connectivity index (χ3n) is 4.27. The van der Waals surface area contributed by atoms with Gasteiger partial charge in [0.25, 0.3) is 0 Å². The van der Waals surface area contributed by atoms with Crippen LogP contribution in [0.1, 0.15) is 32.1 Å². The minimum absolute atomic E-state index is 0.0542. The van der Waals surface area contributed by atoms with Gasteiger partial charge in [-0.15, -0.1) is 0 Å². The van der Waals surface area contributed by atoms with Crippen LogP contribution < -0.4 is 11.1 Å². The summed E-state index contributed by atoms with van der Waals surface area (Å²) in [6.45, 7) is 0. The van der Waals surface area contributed by atoms with E-state index in [1.165, 1.54) is 31.9 Å². The number of carbonyl (C=O) groups excluding carboxylic acids is 1. The van der Waals surface area contributed by atoms with Crippen molar-refractivity contribution in [2.45, 2.75) is 32.1 Å². The lowest BCUT2D eigenvalue weighted by Gasteiger charge is -2.20. The lowest BCUT2D eigenvalue weighted by Crippen LogP contribution is -2.20. The Morgan fingerprint density at radius 1 is 1.53 bits per heavy atom. The Morgan fingerprint density at radius 2 is 2.41 bits per heavy atom. The quantitative estimate of drug-likeness (QED) is 0.745. The second-order valence-electron chi connectivity index (χ2n) is 5.39. The summed E-state index contributed by atoms with van der Waals surface area (Å²) in [4.78, 5) is 11.9. The number of carbonyl (C=O) groups is 1. The zero-order chi connectivity index (χ0) is 11.8. The fraction of sp³-hybridized carbons (Fsp3) is 0.667. The molecule has 2 bridgehead atoms. The first kappa shape index (κ1) is 10.6. The van der Waals surface area contributed by atoms with E-state index in [1.54, 1.807) is 0 Å². The van der Waals surface area contributed by atoms with E-state index in [9.17, 15) is 4.79 Å². The smallest absolute Gasteiger partial charge is 0.225 e. The zero-order valence-corrected chi connectivity index (χ0v) is 9.78. The van der Waals surface area contributed by atoms with Gasteiger partial charge in [0.05, 0.1) is 11.9 Å². The van der Waals surface area contributed by atoms with Gasteiger partial charge in [-0.25, -0.2) is 0 Å². The van der Waals surface area contributed by atoms with Crippen LogP contribution in [-0.2, 0) is 4.79 Å². The molecule has 1 aromatic heterocycles. The number of H-pyrrole nitrogens is 1. The van der Waals surface area contributed by atoms with E-state index < -0.39 is 0 Å². The van der Waals surface area contributed by atoms with Crippen molar-refractivity contribution in [2.75, 3.05) is 11.1 Å². The predicted octanol–water partition coefficient (Wildman–Crippen LogP) is 1.76. The van der Waals surface area contributed by atoms with Gasteiger partial charge >= 0.3 is 0 Å². The van der Waals surface area contributed by atoms with Crippen LogP contribution >= 0.6 is 0 Å². The number of fused-ring (bicyclic) bond motifs is 2. The van der Waals surface area contributed by atoms with Gasteiger partial charge in [-0.05, 0) is 37.0 Å². The van der Waals surface area contributed by atoms with E-state index in [-0.39, 0.29) is 5.91 Å². The van der Waals surface area contributed by atoms with Gasteiger partial charge in [0, 0.05) is 6.42 Å². The summed E-state index contributed by atoms with van der Waals surface area (Å²) in [5.41, 5.74) is 6.14. The largest absolute Gasteiger partial charge is 0.394 e. The first-order valence-corrected chi connectivity index (χ1v) is 6.31. The van der Waals surface area contributed by atoms with E-state index in [0.717, 1.165) is 11.8 Å². The van der Waals surface area contributed by atoms with Gasteiger partial charge in [0.1, 0.15) is 0 Å². The molecule has 0 aromatic carbocycles. The maximum absolute atomic E-state index is 11.9. The number of nitrogens with one attached hydrogen (secondary N) is 2. The van der Waals surface area contributed by atoms with Crippen LogP contribution in [-0.4, -0.2) is 16.1 Å². The van der Waals surface area contributed by atoms with Gasteiger partial charge in [-0.2, -0.15) is 5.10 Å². The zero-order valence-electron chi connectivity index (χ0n) is 9.78. The Labute approximate surface area is 100 Å². The highest BCUT2D eigenvalue weighted by atomic mass is 16.1. The molecule has 2 aliphatic rings. The summed E-state index contributed by atoms with van der Waals surface area (Å²) in [6, 6.07) is 0. The van der Waals surface area contributed by atoms with Crippen molar-refractivity contribution >= 4 is 17.4 Å². The molecule has 1 aromatic rings. The summed E-state index contributed by atoms with van der Waals surface area (Å²) < 4.78 is 0. The Kier molecular flexibility index (Phi) is 2.53. The first-order chi connectivity index (χ1) is 8.22. The molecule has 3 rings (SSSR count). The fourth-order valence-corrected chi connectivity index (χ4v) is 3.45. The van der Waals surface area contributed by atoms with Crippen molar-refractivity contribution in [1.82, 2.24) is 10.2 Å². The fourth-order valence-electron chi connectivity index (χ4n) is 3.45. The number of aromatic amines is 1. The summed E-state index contributed by atoms with van der Waals surface area (Å²) in [6.07, 6.45) is 7.39. The van der Waals surface area contributed by atoms with Crippen LogP contribution in [0, 0.1) is 17.8 Å². The van der Waals surface area contributed by atoms with Gasteiger partial charge < -0.3 is 11.1 Å². The molecule has 3 atom stereocenters. The highest BCUT2D eigenvalue weighted by molar-refractivity contribution is 5.92. The van der Waals surface area contributed by atoms with Crippen LogP contribution in [0.25, 0.3) is 0 Å². The van der Waals surface area contributed by atoms with Crippen molar-refractivity contribution in [3.63, 3.8) is 0 Å². The molecule has 0 aliphatic heterocycles. The highest BCUT2D eigenvalue weighted by Gasteiger charge is 2.40. The maximum atomic E-state index is 11.9. The van der Waals surface area contributed by atoms with Crippen LogP contribution in [0.15, 0.2) is 6.20 Å². The minimum Gasteiger partial charge on any atom is -0.394 e. The molecule has 1 heterocycles. The minimum atomic E-state index is 0.0542. The molecule has 3 unspecified atom stereocenters. The average Bonchev–Trinajstić information content (AvgIpc) is 2.96. The van der Waals surface area contributed by atoms with Gasteiger partial charge in [0.15, 0.2) is 5.82 Å². The normalized spacial score (nSPS) is 30.7. The number of anilines is 2. The molecular weight excluding hydrogens is 216 g/mol. The molecule has 0 spiro atoms. The second-order valence-corrected chi connectivity index (χ2v) is 5.39. The van der Waals surface area contributed by atoms with E-state index in [2.05, 4.69) is 15.5 Å². The Morgan fingerprint density at radius 3 is 3.00 bits per heavy atom. The molecule has 5 heteroatoms. The molecule has 4 N–H and O–H groups in total. The Bertz CT molecular complexity index is 428. The average molecular weight is 234 g/mol. The predicted molar refractivity (Wildman–Crippen MR) is 65.2 cm³/mol. The highest BCUT2D eigenvalue weighted by Crippen LogP contribution is 2.49. The number of hydrogen-bond acceptors (Lipinski definition) is 3. The van der Waals surface area contributed by atoms with Crippen molar-refractivity contribution in [1.29, 1.82) is 0 Å². The molecule has 2 saturated carbocycles. The second kappa shape index (κ2) is 4.05. The number of aromatic nitrogens is 2. The topological polar surface area (TPSA) is 83.8 Å². The lowest BCUT2D eigenvalue weighted by molar-refractivity contribution is -0.117. The van der Waals surface area contributed by atoms with Gasteiger partial charge in [-0.3, -0.25) is 9.89 Å². The van der Waals surface area contributed by atoms with Gasteiger partial charge in [0.2, 0.25) is 5.91 Å².